The second-order valence-corrected chi connectivity index (χ2v) is 10.5. The van der Waals surface area contributed by atoms with Gasteiger partial charge in [-0.1, -0.05) is 6.07 Å². The molecule has 0 fully saturated rings. The molecular weight excluding hydrogens is 531 g/mol. The van der Waals surface area contributed by atoms with E-state index in [1.807, 2.05) is 0 Å². The molecule has 10 nitrogen and oxygen atoms in total. The SMILES string of the molecule is CC(C)(N)c1ncc(-c2ccn3nc4c(c3c2)C2CC4N(C(O)(O)O)C(=O)c3cccc(OC(F)F)c32)cc1F. The average Bonchev–Trinajstić information content (AvgIpc) is 3.35. The second-order valence-electron chi connectivity index (χ2n) is 10.5. The third-order valence-electron chi connectivity index (χ3n) is 7.32. The quantitative estimate of drug-likeness (QED) is 0.275. The summed E-state index contributed by atoms with van der Waals surface area (Å²) < 4.78 is 47.8. The molecule has 13 heteroatoms. The summed E-state index contributed by atoms with van der Waals surface area (Å²) in [6, 6.07) is 7.51. The van der Waals surface area contributed by atoms with Gasteiger partial charge >= 0.3 is 12.7 Å². The fraction of sp³-hybridized carbons (Fsp3) is 0.296. The number of carbonyl (C=O) groups is 1. The van der Waals surface area contributed by atoms with Crippen LogP contribution in [0.2, 0.25) is 0 Å². The van der Waals surface area contributed by atoms with Crippen molar-refractivity contribution in [1.82, 2.24) is 19.5 Å². The number of alkyl halides is 2. The number of aliphatic hydroxyl groups is 3. The lowest BCUT2D eigenvalue weighted by Gasteiger charge is -2.34. The first-order chi connectivity index (χ1) is 18.8. The van der Waals surface area contributed by atoms with E-state index >= 15 is 0 Å². The Hall–Kier alpha value is -4.04. The zero-order chi connectivity index (χ0) is 28.7. The van der Waals surface area contributed by atoms with Gasteiger partial charge in [0.1, 0.15) is 11.6 Å². The van der Waals surface area contributed by atoms with Gasteiger partial charge in [-0.05, 0) is 56.2 Å². The molecule has 0 radical (unpaired) electrons. The molecule has 2 aliphatic rings. The summed E-state index contributed by atoms with van der Waals surface area (Å²) in [4.78, 5) is 18.1. The van der Waals surface area contributed by atoms with Crippen LogP contribution in [0.1, 0.15) is 65.1 Å². The number of amides is 1. The van der Waals surface area contributed by atoms with Gasteiger partial charge in [-0.15, -0.1) is 0 Å². The van der Waals surface area contributed by atoms with E-state index in [4.69, 9.17) is 10.5 Å². The van der Waals surface area contributed by atoms with E-state index in [-0.39, 0.29) is 34.7 Å². The minimum Gasteiger partial charge on any atom is -0.434 e. The van der Waals surface area contributed by atoms with Gasteiger partial charge in [0.15, 0.2) is 0 Å². The Kier molecular flexibility index (Phi) is 5.72. The number of carbonyl (C=O) groups excluding carboxylic acids is 1. The number of ether oxygens (including phenoxy) is 1. The molecule has 5 N–H and O–H groups in total. The summed E-state index contributed by atoms with van der Waals surface area (Å²) in [6.45, 7) is 0.0837. The minimum absolute atomic E-state index is 0.000634. The smallest absolute Gasteiger partial charge is 0.387 e. The molecule has 2 atom stereocenters. The number of hydrogen-bond acceptors (Lipinski definition) is 8. The monoisotopic (exact) mass is 555 g/mol. The Bertz CT molecular complexity index is 1680. The highest BCUT2D eigenvalue weighted by Crippen LogP contribution is 2.54. The molecule has 2 unspecified atom stereocenters. The maximum absolute atomic E-state index is 14.9. The number of halogens is 3. The lowest BCUT2D eigenvalue weighted by molar-refractivity contribution is -0.385. The van der Waals surface area contributed by atoms with E-state index in [2.05, 4.69) is 10.1 Å². The Morgan fingerprint density at radius 3 is 2.52 bits per heavy atom. The first-order valence-corrected chi connectivity index (χ1v) is 12.3. The number of hydrogen-bond donors (Lipinski definition) is 4. The van der Waals surface area contributed by atoms with E-state index < -0.39 is 41.9 Å². The lowest BCUT2D eigenvalue weighted by atomic mass is 9.88. The first-order valence-electron chi connectivity index (χ1n) is 12.3. The molecule has 4 aromatic rings. The van der Waals surface area contributed by atoms with Gasteiger partial charge in [0.05, 0.1) is 28.5 Å². The van der Waals surface area contributed by atoms with Crippen molar-refractivity contribution < 1.29 is 38.0 Å². The van der Waals surface area contributed by atoms with Crippen molar-refractivity contribution >= 4 is 11.4 Å². The van der Waals surface area contributed by atoms with Crippen LogP contribution in [-0.4, -0.2) is 53.4 Å². The number of nitrogens with two attached hydrogens (primary N) is 1. The van der Waals surface area contributed by atoms with E-state index in [0.717, 1.165) is 0 Å². The van der Waals surface area contributed by atoms with E-state index in [1.165, 1.54) is 35.0 Å². The number of nitrogens with zero attached hydrogens (tertiary/aromatic N) is 4. The molecule has 3 aromatic heterocycles. The van der Waals surface area contributed by atoms with E-state index in [9.17, 15) is 33.3 Å². The van der Waals surface area contributed by atoms with Crippen molar-refractivity contribution in [3.8, 4) is 16.9 Å². The number of pyridine rings is 2. The van der Waals surface area contributed by atoms with Crippen molar-refractivity contribution in [2.24, 2.45) is 5.73 Å². The highest BCUT2D eigenvalue weighted by Gasteiger charge is 2.52. The summed E-state index contributed by atoms with van der Waals surface area (Å²) in [5.41, 5.74) is 7.32. The molecule has 1 amide bonds. The molecule has 1 aliphatic heterocycles. The second kappa shape index (κ2) is 8.73. The van der Waals surface area contributed by atoms with E-state index in [0.29, 0.717) is 27.1 Å². The molecule has 0 saturated heterocycles. The van der Waals surface area contributed by atoms with Crippen LogP contribution in [0.5, 0.6) is 5.75 Å². The molecule has 2 bridgehead atoms. The van der Waals surface area contributed by atoms with Crippen molar-refractivity contribution in [3.05, 3.63) is 82.7 Å². The summed E-state index contributed by atoms with van der Waals surface area (Å²) in [5, 5.41) is 35.1. The molecule has 0 saturated carbocycles. The molecule has 4 heterocycles. The van der Waals surface area contributed by atoms with Crippen LogP contribution in [0.4, 0.5) is 13.2 Å². The zero-order valence-corrected chi connectivity index (χ0v) is 21.2. The highest BCUT2D eigenvalue weighted by atomic mass is 19.3. The number of benzene rings is 1. The van der Waals surface area contributed by atoms with Crippen LogP contribution in [-0.2, 0) is 5.54 Å². The van der Waals surface area contributed by atoms with Gasteiger partial charge in [0.2, 0.25) is 0 Å². The first kappa shape index (κ1) is 26.2. The molecule has 208 valence electrons. The Labute approximate surface area is 225 Å². The molecule has 1 aromatic carbocycles. The van der Waals surface area contributed by atoms with Crippen LogP contribution in [0.3, 0.4) is 0 Å². The predicted octanol–water partition coefficient (Wildman–Crippen LogP) is 2.95. The van der Waals surface area contributed by atoms with Crippen LogP contribution in [0, 0.1) is 5.82 Å². The summed E-state index contributed by atoms with van der Waals surface area (Å²) in [7, 11) is 0. The van der Waals surface area contributed by atoms with Crippen LogP contribution in [0.25, 0.3) is 16.6 Å². The van der Waals surface area contributed by atoms with Gasteiger partial charge in [-0.2, -0.15) is 13.9 Å². The molecule has 6 rings (SSSR count). The maximum Gasteiger partial charge on any atom is 0.387 e. The fourth-order valence-electron chi connectivity index (χ4n) is 5.78. The van der Waals surface area contributed by atoms with Gasteiger partial charge in [-0.25, -0.2) is 8.91 Å². The van der Waals surface area contributed by atoms with Crippen molar-refractivity contribution in [2.45, 2.75) is 50.5 Å². The van der Waals surface area contributed by atoms with E-state index in [1.54, 1.807) is 32.2 Å². The summed E-state index contributed by atoms with van der Waals surface area (Å²) in [6.07, 6.45) is -0.494. The summed E-state index contributed by atoms with van der Waals surface area (Å²) >= 11 is 0. The number of aromatic nitrogens is 3. The normalized spacial score (nSPS) is 18.8. The van der Waals surface area contributed by atoms with Crippen LogP contribution in [0.15, 0.2) is 48.8 Å². The maximum atomic E-state index is 14.9. The van der Waals surface area contributed by atoms with Crippen LogP contribution < -0.4 is 10.5 Å². The zero-order valence-electron chi connectivity index (χ0n) is 21.2. The standard InChI is InChI=1S/C27H24F3N5O5/c1-26(2,31)23-16(28)8-13(11-32-23)12-6-7-34-17(9-12)21-15-10-18(22(21)33-34)35(27(37,38)39)24(36)14-4-3-5-19(20(14)15)40-25(29)30/h3-9,11,15,18,25,37-39H,10,31H2,1-2H3. The van der Waals surface area contributed by atoms with Crippen LogP contribution >= 0.6 is 0 Å². The van der Waals surface area contributed by atoms with Crippen molar-refractivity contribution in [1.29, 1.82) is 0 Å². The topological polar surface area (TPSA) is 146 Å². The van der Waals surface area contributed by atoms with Crippen molar-refractivity contribution in [2.75, 3.05) is 0 Å². The fourth-order valence-corrected chi connectivity index (χ4v) is 5.78. The third-order valence-corrected chi connectivity index (χ3v) is 7.32. The van der Waals surface area contributed by atoms with Crippen molar-refractivity contribution in [3.63, 3.8) is 0 Å². The number of rotatable bonds is 5. The number of fused-ring (bicyclic) bond motifs is 9. The summed E-state index contributed by atoms with van der Waals surface area (Å²) in [5.74, 6) is -2.59. The van der Waals surface area contributed by atoms with Gasteiger partial charge in [0.25, 0.3) is 5.91 Å². The Morgan fingerprint density at radius 1 is 1.12 bits per heavy atom. The average molecular weight is 556 g/mol. The Balaban J connectivity index is 1.57. The minimum atomic E-state index is -3.57. The van der Waals surface area contributed by atoms with Gasteiger partial charge in [-0.3, -0.25) is 14.7 Å². The molecule has 40 heavy (non-hydrogen) atoms. The third kappa shape index (κ3) is 4.01. The molecular formula is C27H24F3N5O5. The molecule has 1 aliphatic carbocycles. The predicted molar refractivity (Wildman–Crippen MR) is 133 cm³/mol. The Morgan fingerprint density at radius 2 is 1.88 bits per heavy atom. The van der Waals surface area contributed by atoms with Gasteiger partial charge in [0, 0.05) is 40.6 Å². The largest absolute Gasteiger partial charge is 0.434 e. The highest BCUT2D eigenvalue weighted by molar-refractivity contribution is 5.98. The molecule has 0 spiro atoms. The lowest BCUT2D eigenvalue weighted by Crippen LogP contribution is -2.53. The van der Waals surface area contributed by atoms with Gasteiger partial charge < -0.3 is 25.8 Å².